The minimum Gasteiger partial charge on any atom is -0.468 e. The molecule has 1 aromatic carbocycles. The smallest absolute Gasteiger partial charge is 0.335 e. The topological polar surface area (TPSA) is 106 Å². The molecule has 0 spiro atoms. The van der Waals surface area contributed by atoms with Crippen molar-refractivity contribution in [1.29, 1.82) is 0 Å². The second kappa shape index (κ2) is 8.59. The zero-order valence-corrected chi connectivity index (χ0v) is 15.1. The maximum Gasteiger partial charge on any atom is 0.335 e. The van der Waals surface area contributed by atoms with E-state index in [9.17, 15) is 14.4 Å². The summed E-state index contributed by atoms with van der Waals surface area (Å²) in [4.78, 5) is 36.3. The zero-order chi connectivity index (χ0) is 19.3. The van der Waals surface area contributed by atoms with Crippen molar-refractivity contribution in [3.8, 4) is 5.69 Å². The maximum atomic E-state index is 12.6. The molecule has 0 aliphatic rings. The van der Waals surface area contributed by atoms with Crippen LogP contribution in [0.1, 0.15) is 18.2 Å². The molecule has 0 amide bonds. The monoisotopic (exact) mass is 361 g/mol. The molecule has 0 aliphatic carbocycles. The fraction of sp³-hybridized carbons (Fsp3) is 0.389. The lowest BCUT2D eigenvalue weighted by Crippen LogP contribution is -2.39. The SMILES string of the molecule is CCOCc1cc(=O)n(-c2ccc(CC(N)C(=O)OC)cc2)c(=O)n1C. The number of ether oxygens (including phenoxy) is 2. The van der Waals surface area contributed by atoms with E-state index in [4.69, 9.17) is 10.5 Å². The Labute approximate surface area is 150 Å². The van der Waals surface area contributed by atoms with Crippen LogP contribution in [0.5, 0.6) is 0 Å². The fourth-order valence-electron chi connectivity index (χ4n) is 2.52. The van der Waals surface area contributed by atoms with Gasteiger partial charge in [0.05, 0.1) is 25.1 Å². The number of hydrogen-bond donors (Lipinski definition) is 1. The summed E-state index contributed by atoms with van der Waals surface area (Å²) in [6, 6.07) is 7.35. The van der Waals surface area contributed by atoms with Crippen LogP contribution in [-0.2, 0) is 34.3 Å². The van der Waals surface area contributed by atoms with Crippen molar-refractivity contribution in [2.45, 2.75) is 26.0 Å². The Morgan fingerprint density at radius 1 is 1.23 bits per heavy atom. The molecule has 1 aromatic heterocycles. The lowest BCUT2D eigenvalue weighted by atomic mass is 10.1. The van der Waals surface area contributed by atoms with Crippen molar-refractivity contribution in [3.05, 3.63) is 62.4 Å². The lowest BCUT2D eigenvalue weighted by Gasteiger charge is -2.13. The van der Waals surface area contributed by atoms with E-state index in [1.165, 1.54) is 17.7 Å². The largest absolute Gasteiger partial charge is 0.468 e. The van der Waals surface area contributed by atoms with E-state index in [2.05, 4.69) is 4.74 Å². The number of rotatable bonds is 7. The van der Waals surface area contributed by atoms with Gasteiger partial charge < -0.3 is 15.2 Å². The van der Waals surface area contributed by atoms with Gasteiger partial charge in [-0.15, -0.1) is 0 Å². The first kappa shape index (κ1) is 19.6. The van der Waals surface area contributed by atoms with Crippen molar-refractivity contribution in [2.75, 3.05) is 13.7 Å². The summed E-state index contributed by atoms with van der Waals surface area (Å²) in [7, 11) is 2.87. The summed E-state index contributed by atoms with van der Waals surface area (Å²) in [6.45, 7) is 2.53. The fourth-order valence-corrected chi connectivity index (χ4v) is 2.52. The summed E-state index contributed by atoms with van der Waals surface area (Å²) >= 11 is 0. The van der Waals surface area contributed by atoms with E-state index >= 15 is 0 Å². The second-order valence-corrected chi connectivity index (χ2v) is 5.79. The van der Waals surface area contributed by atoms with Gasteiger partial charge in [-0.3, -0.25) is 14.2 Å². The first-order valence-corrected chi connectivity index (χ1v) is 8.21. The van der Waals surface area contributed by atoms with Gasteiger partial charge >= 0.3 is 11.7 Å². The highest BCUT2D eigenvalue weighted by molar-refractivity contribution is 5.75. The van der Waals surface area contributed by atoms with E-state index in [0.717, 1.165) is 10.1 Å². The highest BCUT2D eigenvalue weighted by atomic mass is 16.5. The maximum absolute atomic E-state index is 12.6. The number of carbonyl (C=O) groups is 1. The molecular weight excluding hydrogens is 338 g/mol. The third-order valence-corrected chi connectivity index (χ3v) is 4.03. The Morgan fingerprint density at radius 3 is 2.46 bits per heavy atom. The number of carbonyl (C=O) groups excluding carboxylic acids is 1. The molecule has 2 rings (SSSR count). The molecule has 0 bridgehead atoms. The standard InChI is InChI=1S/C18H23N3O5/c1-4-26-11-14-10-16(22)21(18(24)20(14)2)13-7-5-12(6-8-13)9-15(19)17(23)25-3/h5-8,10,15H,4,9,11,19H2,1-3H3. The molecule has 8 heteroatoms. The van der Waals surface area contributed by atoms with E-state index in [1.54, 1.807) is 31.3 Å². The van der Waals surface area contributed by atoms with E-state index in [1.807, 2.05) is 6.92 Å². The normalized spacial score (nSPS) is 12.0. The van der Waals surface area contributed by atoms with Crippen molar-refractivity contribution in [3.63, 3.8) is 0 Å². The molecule has 1 heterocycles. The van der Waals surface area contributed by atoms with Gasteiger partial charge in [-0.05, 0) is 31.0 Å². The van der Waals surface area contributed by atoms with E-state index < -0.39 is 23.3 Å². The Kier molecular flexibility index (Phi) is 6.48. The van der Waals surface area contributed by atoms with Gasteiger partial charge in [-0.1, -0.05) is 12.1 Å². The number of nitrogens with zero attached hydrogens (tertiary/aromatic N) is 2. The number of esters is 1. The van der Waals surface area contributed by atoms with Gasteiger partial charge in [0.1, 0.15) is 6.04 Å². The van der Waals surface area contributed by atoms with Crippen molar-refractivity contribution in [1.82, 2.24) is 9.13 Å². The molecular formula is C18H23N3O5. The van der Waals surface area contributed by atoms with Crippen LogP contribution in [0, 0.1) is 0 Å². The minimum absolute atomic E-state index is 0.197. The third kappa shape index (κ3) is 4.27. The summed E-state index contributed by atoms with van der Waals surface area (Å²) in [6.07, 6.45) is 0.299. The quantitative estimate of drug-likeness (QED) is 0.702. The Balaban J connectivity index is 2.32. The van der Waals surface area contributed by atoms with Crippen LogP contribution in [0.3, 0.4) is 0 Å². The molecule has 1 unspecified atom stereocenters. The van der Waals surface area contributed by atoms with Crippen LogP contribution in [0.2, 0.25) is 0 Å². The average molecular weight is 361 g/mol. The summed E-state index contributed by atoms with van der Waals surface area (Å²) in [5.74, 6) is -0.496. The lowest BCUT2D eigenvalue weighted by molar-refractivity contribution is -0.142. The number of hydrogen-bond acceptors (Lipinski definition) is 6. The number of aromatic nitrogens is 2. The Bertz CT molecular complexity index is 883. The van der Waals surface area contributed by atoms with Crippen molar-refractivity contribution >= 4 is 5.97 Å². The van der Waals surface area contributed by atoms with Crippen LogP contribution >= 0.6 is 0 Å². The highest BCUT2D eigenvalue weighted by Crippen LogP contribution is 2.09. The minimum atomic E-state index is -0.765. The molecule has 0 radical (unpaired) electrons. The molecule has 1 atom stereocenters. The van der Waals surface area contributed by atoms with Gasteiger partial charge in [-0.25, -0.2) is 9.36 Å². The van der Waals surface area contributed by atoms with Crippen LogP contribution in [0.25, 0.3) is 5.69 Å². The molecule has 0 saturated heterocycles. The molecule has 8 nitrogen and oxygen atoms in total. The molecule has 26 heavy (non-hydrogen) atoms. The van der Waals surface area contributed by atoms with Crippen LogP contribution in [0.4, 0.5) is 0 Å². The Morgan fingerprint density at radius 2 is 1.88 bits per heavy atom. The summed E-state index contributed by atoms with van der Waals surface area (Å²) in [5, 5.41) is 0. The molecule has 140 valence electrons. The molecule has 0 fully saturated rings. The summed E-state index contributed by atoms with van der Waals surface area (Å²) < 4.78 is 12.3. The first-order chi connectivity index (χ1) is 12.4. The summed E-state index contributed by atoms with van der Waals surface area (Å²) in [5.41, 5.74) is 6.60. The van der Waals surface area contributed by atoms with Gasteiger partial charge in [0, 0.05) is 19.7 Å². The predicted molar refractivity (Wildman–Crippen MR) is 96.3 cm³/mol. The molecule has 2 N–H and O–H groups in total. The van der Waals surface area contributed by atoms with Crippen LogP contribution < -0.4 is 17.0 Å². The van der Waals surface area contributed by atoms with Crippen LogP contribution in [0.15, 0.2) is 39.9 Å². The van der Waals surface area contributed by atoms with Crippen molar-refractivity contribution < 1.29 is 14.3 Å². The predicted octanol–water partition coefficient (Wildman–Crippen LogP) is 0.116. The van der Waals surface area contributed by atoms with Crippen LogP contribution in [-0.4, -0.2) is 34.9 Å². The van der Waals surface area contributed by atoms with Gasteiger partial charge in [0.2, 0.25) is 0 Å². The average Bonchev–Trinajstić information content (AvgIpc) is 2.64. The van der Waals surface area contributed by atoms with Crippen molar-refractivity contribution in [2.24, 2.45) is 12.8 Å². The van der Waals surface area contributed by atoms with Gasteiger partial charge in [-0.2, -0.15) is 0 Å². The molecule has 2 aromatic rings. The number of benzene rings is 1. The van der Waals surface area contributed by atoms with E-state index in [0.29, 0.717) is 24.4 Å². The number of nitrogens with two attached hydrogens (primary N) is 1. The van der Waals surface area contributed by atoms with E-state index in [-0.39, 0.29) is 6.61 Å². The van der Waals surface area contributed by atoms with Gasteiger partial charge in [0.25, 0.3) is 5.56 Å². The Hall–Kier alpha value is -2.71. The highest BCUT2D eigenvalue weighted by Gasteiger charge is 2.15. The number of methoxy groups -OCH3 is 1. The third-order valence-electron chi connectivity index (χ3n) is 4.03. The van der Waals surface area contributed by atoms with Gasteiger partial charge in [0.15, 0.2) is 0 Å². The molecule has 0 saturated carbocycles. The second-order valence-electron chi connectivity index (χ2n) is 5.79. The first-order valence-electron chi connectivity index (χ1n) is 8.21. The zero-order valence-electron chi connectivity index (χ0n) is 15.1. The molecule has 0 aliphatic heterocycles.